The molecule has 1 atom stereocenters. The number of H-pyrrole nitrogens is 1. The van der Waals surface area contributed by atoms with E-state index < -0.39 is 17.8 Å². The largest absolute Gasteiger partial charge is 0.416 e. The minimum absolute atomic E-state index is 0.303. The number of alkyl halides is 3. The summed E-state index contributed by atoms with van der Waals surface area (Å²) in [6, 6.07) is 4.72. The maximum Gasteiger partial charge on any atom is 0.416 e. The highest BCUT2D eigenvalue weighted by Gasteiger charge is 2.30. The fourth-order valence-corrected chi connectivity index (χ4v) is 1.71. The Hall–Kier alpha value is -1.82. The first kappa shape index (κ1) is 12.6. The Morgan fingerprint density at radius 3 is 2.72 bits per heavy atom. The van der Waals surface area contributed by atoms with Crippen LogP contribution in [0.3, 0.4) is 0 Å². The minimum Gasteiger partial charge on any atom is -0.347 e. The van der Waals surface area contributed by atoms with Crippen molar-refractivity contribution in [3.05, 3.63) is 53.6 Å². The Morgan fingerprint density at radius 2 is 2.11 bits per heavy atom. The number of halogens is 3. The Kier molecular flexibility index (Phi) is 3.38. The van der Waals surface area contributed by atoms with Crippen LogP contribution in [-0.2, 0) is 12.6 Å². The van der Waals surface area contributed by atoms with Crippen molar-refractivity contribution in [3.63, 3.8) is 0 Å². The van der Waals surface area contributed by atoms with E-state index in [0.29, 0.717) is 17.8 Å². The van der Waals surface area contributed by atoms with E-state index in [1.165, 1.54) is 6.07 Å². The van der Waals surface area contributed by atoms with Gasteiger partial charge < -0.3 is 10.7 Å². The number of aromatic amines is 1. The molecule has 0 saturated heterocycles. The summed E-state index contributed by atoms with van der Waals surface area (Å²) in [5.74, 6) is 0.562. The molecule has 0 aliphatic carbocycles. The normalized spacial score (nSPS) is 13.6. The summed E-state index contributed by atoms with van der Waals surface area (Å²) in [4.78, 5) is 6.82. The molecule has 3 N–H and O–H groups in total. The lowest BCUT2D eigenvalue weighted by atomic mass is 10.0. The molecule has 6 heteroatoms. The maximum absolute atomic E-state index is 12.5. The molecule has 1 aromatic carbocycles. The van der Waals surface area contributed by atoms with Gasteiger partial charge >= 0.3 is 6.18 Å². The van der Waals surface area contributed by atoms with E-state index >= 15 is 0 Å². The molecule has 1 aromatic heterocycles. The summed E-state index contributed by atoms with van der Waals surface area (Å²) in [6.07, 6.45) is -0.842. The van der Waals surface area contributed by atoms with Crippen molar-refractivity contribution < 1.29 is 13.2 Å². The fourth-order valence-electron chi connectivity index (χ4n) is 1.71. The molecule has 0 bridgehead atoms. The molecule has 0 amide bonds. The third-order valence-electron chi connectivity index (χ3n) is 2.58. The topological polar surface area (TPSA) is 54.7 Å². The second kappa shape index (κ2) is 4.81. The Bertz CT molecular complexity index is 506. The predicted molar refractivity (Wildman–Crippen MR) is 60.7 cm³/mol. The van der Waals surface area contributed by atoms with Crippen molar-refractivity contribution in [2.24, 2.45) is 5.73 Å². The van der Waals surface area contributed by atoms with Crippen LogP contribution in [-0.4, -0.2) is 9.97 Å². The van der Waals surface area contributed by atoms with Gasteiger partial charge in [-0.15, -0.1) is 0 Å². The van der Waals surface area contributed by atoms with Crippen LogP contribution in [0.25, 0.3) is 0 Å². The number of nitrogens with zero attached hydrogens (tertiary/aromatic N) is 1. The average Bonchev–Trinajstić information content (AvgIpc) is 2.81. The van der Waals surface area contributed by atoms with Crippen molar-refractivity contribution in [1.29, 1.82) is 0 Å². The van der Waals surface area contributed by atoms with Crippen LogP contribution in [0.15, 0.2) is 36.7 Å². The zero-order chi connectivity index (χ0) is 13.2. The number of hydrogen-bond acceptors (Lipinski definition) is 2. The van der Waals surface area contributed by atoms with Crippen LogP contribution in [0.2, 0.25) is 0 Å². The Labute approximate surface area is 102 Å². The molecular weight excluding hydrogens is 243 g/mol. The monoisotopic (exact) mass is 255 g/mol. The SMILES string of the molecule is NC(Cc1cccc(C(F)(F)F)c1)c1ncc[nH]1. The van der Waals surface area contributed by atoms with Gasteiger partial charge in [-0.05, 0) is 18.1 Å². The second-order valence-corrected chi connectivity index (χ2v) is 3.98. The molecule has 96 valence electrons. The van der Waals surface area contributed by atoms with E-state index in [9.17, 15) is 13.2 Å². The summed E-state index contributed by atoms with van der Waals surface area (Å²) < 4.78 is 37.6. The van der Waals surface area contributed by atoms with Crippen LogP contribution in [0.4, 0.5) is 13.2 Å². The molecule has 2 rings (SSSR count). The van der Waals surface area contributed by atoms with Crippen molar-refractivity contribution in [1.82, 2.24) is 9.97 Å². The molecule has 0 saturated carbocycles. The van der Waals surface area contributed by atoms with Gasteiger partial charge in [0.1, 0.15) is 5.82 Å². The van der Waals surface area contributed by atoms with Gasteiger partial charge in [0.15, 0.2) is 0 Å². The van der Waals surface area contributed by atoms with E-state index in [1.54, 1.807) is 18.5 Å². The van der Waals surface area contributed by atoms with Crippen molar-refractivity contribution in [2.75, 3.05) is 0 Å². The van der Waals surface area contributed by atoms with Crippen LogP contribution >= 0.6 is 0 Å². The number of nitrogens with one attached hydrogen (secondary N) is 1. The molecule has 18 heavy (non-hydrogen) atoms. The van der Waals surface area contributed by atoms with Gasteiger partial charge in [0, 0.05) is 12.4 Å². The molecule has 0 spiro atoms. The van der Waals surface area contributed by atoms with E-state index in [0.717, 1.165) is 12.1 Å². The molecule has 0 aliphatic heterocycles. The molecule has 3 nitrogen and oxygen atoms in total. The zero-order valence-corrected chi connectivity index (χ0v) is 9.41. The van der Waals surface area contributed by atoms with Gasteiger partial charge in [0.2, 0.25) is 0 Å². The van der Waals surface area contributed by atoms with Gasteiger partial charge in [-0.25, -0.2) is 4.98 Å². The predicted octanol–water partition coefficient (Wildman–Crippen LogP) is 2.67. The Morgan fingerprint density at radius 1 is 1.33 bits per heavy atom. The first-order valence-corrected chi connectivity index (χ1v) is 5.38. The standard InChI is InChI=1S/C12H12F3N3/c13-12(14,15)9-3-1-2-8(6-9)7-10(16)11-17-4-5-18-11/h1-6,10H,7,16H2,(H,17,18). The summed E-state index contributed by atoms with van der Waals surface area (Å²) in [5.41, 5.74) is 5.73. The van der Waals surface area contributed by atoms with Crippen LogP contribution < -0.4 is 5.73 Å². The second-order valence-electron chi connectivity index (χ2n) is 3.98. The number of benzene rings is 1. The molecule has 0 aliphatic rings. The molecule has 1 heterocycles. The van der Waals surface area contributed by atoms with Crippen molar-refractivity contribution in [2.45, 2.75) is 18.6 Å². The van der Waals surface area contributed by atoms with Gasteiger partial charge in [-0.2, -0.15) is 13.2 Å². The smallest absolute Gasteiger partial charge is 0.347 e. The quantitative estimate of drug-likeness (QED) is 0.885. The van der Waals surface area contributed by atoms with Crippen molar-refractivity contribution in [3.8, 4) is 0 Å². The lowest BCUT2D eigenvalue weighted by molar-refractivity contribution is -0.137. The number of aromatic nitrogens is 2. The molecular formula is C12H12F3N3. The lowest BCUT2D eigenvalue weighted by Gasteiger charge is -2.11. The summed E-state index contributed by atoms with van der Waals surface area (Å²) in [7, 11) is 0. The van der Waals surface area contributed by atoms with Gasteiger partial charge in [0.05, 0.1) is 11.6 Å². The average molecular weight is 255 g/mol. The first-order valence-electron chi connectivity index (χ1n) is 5.38. The summed E-state index contributed by atoms with van der Waals surface area (Å²) in [6.45, 7) is 0. The maximum atomic E-state index is 12.5. The number of rotatable bonds is 3. The van der Waals surface area contributed by atoms with E-state index in [1.807, 2.05) is 0 Å². The number of imidazole rings is 1. The number of nitrogens with two attached hydrogens (primary N) is 1. The summed E-state index contributed by atoms with van der Waals surface area (Å²) in [5, 5.41) is 0. The van der Waals surface area contributed by atoms with Gasteiger partial charge in [-0.3, -0.25) is 0 Å². The zero-order valence-electron chi connectivity index (χ0n) is 9.41. The van der Waals surface area contributed by atoms with Crippen LogP contribution in [0.5, 0.6) is 0 Å². The molecule has 0 fully saturated rings. The highest BCUT2D eigenvalue weighted by molar-refractivity contribution is 5.26. The highest BCUT2D eigenvalue weighted by atomic mass is 19.4. The number of hydrogen-bond donors (Lipinski definition) is 2. The van der Waals surface area contributed by atoms with Gasteiger partial charge in [0.25, 0.3) is 0 Å². The Balaban J connectivity index is 2.15. The molecule has 1 unspecified atom stereocenters. The van der Waals surface area contributed by atoms with E-state index in [-0.39, 0.29) is 0 Å². The molecule has 2 aromatic rings. The third kappa shape index (κ3) is 2.89. The first-order chi connectivity index (χ1) is 8.47. The van der Waals surface area contributed by atoms with Gasteiger partial charge in [-0.1, -0.05) is 18.2 Å². The van der Waals surface area contributed by atoms with E-state index in [4.69, 9.17) is 5.73 Å². The third-order valence-corrected chi connectivity index (χ3v) is 2.58. The lowest BCUT2D eigenvalue weighted by Crippen LogP contribution is -2.15. The van der Waals surface area contributed by atoms with E-state index in [2.05, 4.69) is 9.97 Å². The van der Waals surface area contributed by atoms with Crippen LogP contribution in [0, 0.1) is 0 Å². The van der Waals surface area contributed by atoms with Crippen molar-refractivity contribution >= 4 is 0 Å². The van der Waals surface area contributed by atoms with Crippen LogP contribution in [0.1, 0.15) is 23.0 Å². The fraction of sp³-hybridized carbons (Fsp3) is 0.250. The minimum atomic E-state index is -4.33. The summed E-state index contributed by atoms with van der Waals surface area (Å²) >= 11 is 0. The highest BCUT2D eigenvalue weighted by Crippen LogP contribution is 2.30. The molecule has 0 radical (unpaired) electrons.